The van der Waals surface area contributed by atoms with Crippen molar-refractivity contribution in [2.24, 2.45) is 4.99 Å². The van der Waals surface area contributed by atoms with Gasteiger partial charge in [-0.3, -0.25) is 15.1 Å². The molecule has 0 unspecified atom stereocenters. The average molecular weight is 350 g/mol. The lowest BCUT2D eigenvalue weighted by Crippen LogP contribution is -1.98. The molecule has 0 fully saturated rings. The first-order valence-electron chi connectivity index (χ1n) is 7.99. The molecular formula is C19H18N4O3. The number of aryl methyl sites for hydroxylation is 1. The molecule has 7 nitrogen and oxygen atoms in total. The van der Waals surface area contributed by atoms with Gasteiger partial charge in [-0.15, -0.1) is 0 Å². The third kappa shape index (κ3) is 3.32. The molecule has 1 aromatic heterocycles. The van der Waals surface area contributed by atoms with E-state index >= 15 is 0 Å². The number of methoxy groups -OCH3 is 1. The zero-order valence-electron chi connectivity index (χ0n) is 14.7. The van der Waals surface area contributed by atoms with E-state index in [-0.39, 0.29) is 11.4 Å². The van der Waals surface area contributed by atoms with Crippen LogP contribution in [0.1, 0.15) is 17.0 Å². The molecule has 1 heterocycles. The summed E-state index contributed by atoms with van der Waals surface area (Å²) in [6.07, 6.45) is 1.60. The molecule has 0 saturated carbocycles. The Hall–Kier alpha value is -3.48. The molecule has 0 spiro atoms. The van der Waals surface area contributed by atoms with Gasteiger partial charge in [0.05, 0.1) is 29.1 Å². The Balaban J connectivity index is 1.96. The number of aliphatic imine (C=N–C) groups is 1. The fourth-order valence-electron chi connectivity index (χ4n) is 2.71. The van der Waals surface area contributed by atoms with Gasteiger partial charge in [-0.25, -0.2) is 4.68 Å². The monoisotopic (exact) mass is 350 g/mol. The van der Waals surface area contributed by atoms with Gasteiger partial charge in [0.1, 0.15) is 5.69 Å². The van der Waals surface area contributed by atoms with Crippen molar-refractivity contribution >= 4 is 17.6 Å². The number of rotatable bonds is 5. The summed E-state index contributed by atoms with van der Waals surface area (Å²) in [5.41, 5.74) is 3.90. The second-order valence-electron chi connectivity index (χ2n) is 5.71. The highest BCUT2D eigenvalue weighted by molar-refractivity contribution is 5.84. The van der Waals surface area contributed by atoms with Gasteiger partial charge in [0.15, 0.2) is 5.75 Å². The molecule has 0 N–H and O–H groups in total. The van der Waals surface area contributed by atoms with E-state index in [4.69, 9.17) is 4.74 Å². The van der Waals surface area contributed by atoms with Gasteiger partial charge >= 0.3 is 5.69 Å². The minimum absolute atomic E-state index is 0.0927. The number of hydrogen-bond donors (Lipinski definition) is 0. The van der Waals surface area contributed by atoms with Crippen LogP contribution < -0.4 is 4.74 Å². The minimum Gasteiger partial charge on any atom is -0.490 e. The lowest BCUT2D eigenvalue weighted by molar-refractivity contribution is -0.385. The van der Waals surface area contributed by atoms with Crippen molar-refractivity contribution in [3.63, 3.8) is 0 Å². The Morgan fingerprint density at radius 1 is 1.19 bits per heavy atom. The van der Waals surface area contributed by atoms with Crippen molar-refractivity contribution in [3.8, 4) is 11.4 Å². The zero-order valence-corrected chi connectivity index (χ0v) is 14.7. The van der Waals surface area contributed by atoms with Gasteiger partial charge in [0, 0.05) is 12.3 Å². The summed E-state index contributed by atoms with van der Waals surface area (Å²) in [5, 5.41) is 15.7. The highest BCUT2D eigenvalue weighted by Crippen LogP contribution is 2.28. The summed E-state index contributed by atoms with van der Waals surface area (Å²) in [7, 11) is 1.40. The summed E-state index contributed by atoms with van der Waals surface area (Å²) in [5.74, 6) is 0.219. The Morgan fingerprint density at radius 2 is 1.92 bits per heavy atom. The lowest BCUT2D eigenvalue weighted by atomic mass is 10.2. The molecule has 0 aliphatic heterocycles. The van der Waals surface area contributed by atoms with E-state index in [9.17, 15) is 10.1 Å². The largest absolute Gasteiger partial charge is 0.490 e. The van der Waals surface area contributed by atoms with E-state index in [0.717, 1.165) is 22.8 Å². The van der Waals surface area contributed by atoms with Crippen LogP contribution in [0.15, 0.2) is 53.5 Å². The smallest absolute Gasteiger partial charge is 0.311 e. The van der Waals surface area contributed by atoms with E-state index < -0.39 is 4.92 Å². The molecule has 26 heavy (non-hydrogen) atoms. The second-order valence-corrected chi connectivity index (χ2v) is 5.71. The van der Waals surface area contributed by atoms with Crippen molar-refractivity contribution in [2.75, 3.05) is 7.11 Å². The number of ether oxygens (including phenoxy) is 1. The van der Waals surface area contributed by atoms with Gasteiger partial charge in [-0.2, -0.15) is 5.10 Å². The van der Waals surface area contributed by atoms with Crippen LogP contribution in [0.25, 0.3) is 5.69 Å². The zero-order chi connectivity index (χ0) is 18.7. The second kappa shape index (κ2) is 7.18. The van der Waals surface area contributed by atoms with E-state index in [2.05, 4.69) is 10.1 Å². The molecule has 7 heteroatoms. The molecule has 2 aromatic carbocycles. The predicted molar refractivity (Wildman–Crippen MR) is 99.9 cm³/mol. The SMILES string of the molecule is COc1ccc(C=Nc2c(C)nn(-c3ccccc3)c2C)cc1[N+](=O)[O-]. The van der Waals surface area contributed by atoms with Crippen LogP contribution in [-0.4, -0.2) is 28.0 Å². The Bertz CT molecular complexity index is 978. The van der Waals surface area contributed by atoms with E-state index in [0.29, 0.717) is 5.56 Å². The molecule has 3 aromatic rings. The summed E-state index contributed by atoms with van der Waals surface area (Å²) >= 11 is 0. The summed E-state index contributed by atoms with van der Waals surface area (Å²) < 4.78 is 6.85. The lowest BCUT2D eigenvalue weighted by Gasteiger charge is -2.03. The predicted octanol–water partition coefficient (Wildman–Crippen LogP) is 4.16. The van der Waals surface area contributed by atoms with E-state index in [1.807, 2.05) is 48.9 Å². The maximum Gasteiger partial charge on any atom is 0.311 e. The normalized spacial score (nSPS) is 11.0. The van der Waals surface area contributed by atoms with Crippen molar-refractivity contribution in [2.45, 2.75) is 13.8 Å². The topological polar surface area (TPSA) is 82.5 Å². The maximum atomic E-state index is 11.1. The molecule has 0 atom stereocenters. The third-order valence-electron chi connectivity index (χ3n) is 4.00. The van der Waals surface area contributed by atoms with Crippen molar-refractivity contribution in [1.82, 2.24) is 9.78 Å². The fourth-order valence-corrected chi connectivity index (χ4v) is 2.71. The number of aromatic nitrogens is 2. The highest BCUT2D eigenvalue weighted by atomic mass is 16.6. The van der Waals surface area contributed by atoms with Crippen molar-refractivity contribution in [3.05, 3.63) is 75.6 Å². The van der Waals surface area contributed by atoms with Gasteiger partial charge in [0.2, 0.25) is 0 Å². The molecule has 0 radical (unpaired) electrons. The number of nitro groups is 1. The molecular weight excluding hydrogens is 332 g/mol. The first-order valence-corrected chi connectivity index (χ1v) is 7.99. The van der Waals surface area contributed by atoms with Gasteiger partial charge < -0.3 is 4.74 Å². The molecule has 0 saturated heterocycles. The first-order chi connectivity index (χ1) is 12.5. The molecule has 3 rings (SSSR count). The summed E-state index contributed by atoms with van der Waals surface area (Å²) in [6, 6.07) is 14.5. The van der Waals surface area contributed by atoms with Crippen LogP contribution in [0, 0.1) is 24.0 Å². The Kier molecular flexibility index (Phi) is 4.79. The number of nitrogens with zero attached hydrogens (tertiary/aromatic N) is 4. The fraction of sp³-hybridized carbons (Fsp3) is 0.158. The standard InChI is InChI=1S/C19H18N4O3/c1-13-19(14(2)22(21-13)16-7-5-4-6-8-16)20-12-15-9-10-18(26-3)17(11-15)23(24)25/h4-12H,1-3H3. The highest BCUT2D eigenvalue weighted by Gasteiger charge is 2.15. The maximum absolute atomic E-state index is 11.1. The summed E-state index contributed by atoms with van der Waals surface area (Å²) in [6.45, 7) is 3.83. The van der Waals surface area contributed by atoms with Crippen LogP contribution >= 0.6 is 0 Å². The number of nitro benzene ring substituents is 1. The molecule has 0 aliphatic rings. The van der Waals surface area contributed by atoms with Crippen LogP contribution in [0.3, 0.4) is 0 Å². The van der Waals surface area contributed by atoms with Crippen LogP contribution in [0.4, 0.5) is 11.4 Å². The van der Waals surface area contributed by atoms with Crippen molar-refractivity contribution in [1.29, 1.82) is 0 Å². The summed E-state index contributed by atoms with van der Waals surface area (Å²) in [4.78, 5) is 15.2. The Morgan fingerprint density at radius 3 is 2.58 bits per heavy atom. The minimum atomic E-state index is -0.472. The van der Waals surface area contributed by atoms with E-state index in [1.165, 1.54) is 13.2 Å². The molecule has 0 amide bonds. The molecule has 132 valence electrons. The number of para-hydroxylation sites is 1. The van der Waals surface area contributed by atoms with Crippen LogP contribution in [-0.2, 0) is 0 Å². The quantitative estimate of drug-likeness (QED) is 0.393. The Labute approximate surface area is 150 Å². The first kappa shape index (κ1) is 17.3. The number of benzene rings is 2. The van der Waals surface area contributed by atoms with E-state index in [1.54, 1.807) is 18.3 Å². The van der Waals surface area contributed by atoms with Crippen LogP contribution in [0.5, 0.6) is 5.75 Å². The molecule has 0 aliphatic carbocycles. The van der Waals surface area contributed by atoms with Crippen LogP contribution in [0.2, 0.25) is 0 Å². The van der Waals surface area contributed by atoms with Gasteiger partial charge in [-0.1, -0.05) is 18.2 Å². The van der Waals surface area contributed by atoms with Crippen molar-refractivity contribution < 1.29 is 9.66 Å². The van der Waals surface area contributed by atoms with Gasteiger partial charge in [-0.05, 0) is 43.7 Å². The molecule has 0 bridgehead atoms. The average Bonchev–Trinajstić information content (AvgIpc) is 2.94. The number of hydrogen-bond acceptors (Lipinski definition) is 5. The van der Waals surface area contributed by atoms with Gasteiger partial charge in [0.25, 0.3) is 0 Å². The third-order valence-corrected chi connectivity index (χ3v) is 4.00.